The molecule has 19 nitrogen and oxygen atoms in total. The van der Waals surface area contributed by atoms with E-state index in [-0.39, 0.29) is 19.4 Å². The number of rotatable bonds is 49. The van der Waals surface area contributed by atoms with Crippen LogP contribution >= 0.6 is 7.82 Å². The number of unbranched alkanes of at least 4 members (excludes halogenated alkanes) is 22. The summed E-state index contributed by atoms with van der Waals surface area (Å²) in [6.07, 6.45) is 21.0. The molecule has 1 fully saturated rings. The first-order valence-corrected chi connectivity index (χ1v) is 29.2. The molecule has 0 aromatic heterocycles. The number of allylic oxidation sites excluding steroid dienone is 4. The first-order chi connectivity index (χ1) is 35.2. The molecule has 0 radical (unpaired) electrons. The summed E-state index contributed by atoms with van der Waals surface area (Å²) in [6.45, 7) is 0.431. The van der Waals surface area contributed by atoms with Gasteiger partial charge in [0.25, 0.3) is 7.82 Å². The zero-order valence-corrected chi connectivity index (χ0v) is 45.3. The number of aliphatic hydroxyl groups excluding tert-OH is 8. The van der Waals surface area contributed by atoms with Crippen LogP contribution in [0.3, 0.4) is 0 Å². The van der Waals surface area contributed by atoms with Crippen LogP contribution in [0.2, 0.25) is 0 Å². The number of carbonyl (C=O) groups is 2. The predicted octanol–water partition coefficient (Wildman–Crippen LogP) is 5.87. The third kappa shape index (κ3) is 35.2. The third-order valence-corrected chi connectivity index (χ3v) is 13.7. The van der Waals surface area contributed by atoms with Gasteiger partial charge in [0.1, 0.15) is 49.3 Å². The van der Waals surface area contributed by atoms with Crippen LogP contribution in [0.15, 0.2) is 24.3 Å². The summed E-state index contributed by atoms with van der Waals surface area (Å²) in [5.74, 6) is -1.09. The summed E-state index contributed by atoms with van der Waals surface area (Å²) in [5.41, 5.74) is 0. The van der Waals surface area contributed by atoms with Gasteiger partial charge in [0.2, 0.25) is 0 Å². The SMILES string of the molecule is CCCCCCCC/C=C\CCCCCCCC(=O)OC[C@H](COP(=O)([O-])OCCNCC(O)C(O)[C@H](O[C@@H]1O[C@H](CO)C(O)C(O)C1O)C(O)CO)OC(=O)CCCCCCC/C=C\CCCCCCCC. The molecule has 0 saturated carbocycles. The van der Waals surface area contributed by atoms with Gasteiger partial charge in [-0.1, -0.05) is 141 Å². The predicted molar refractivity (Wildman–Crippen MR) is 276 cm³/mol. The smallest absolute Gasteiger partial charge is 0.306 e. The van der Waals surface area contributed by atoms with Crippen LogP contribution in [0, 0.1) is 0 Å². The van der Waals surface area contributed by atoms with Gasteiger partial charge in [-0.15, -0.1) is 0 Å². The fraction of sp³-hybridized carbons (Fsp3) is 0.887. The number of esters is 2. The molecular formula is C53H99NO18P-. The number of aliphatic hydroxyl groups is 8. The first kappa shape index (κ1) is 69.1. The first-order valence-electron chi connectivity index (χ1n) is 27.8. The number of nitrogens with one attached hydrogen (secondary N) is 1. The quantitative estimate of drug-likeness (QED) is 0.0149. The largest absolute Gasteiger partial charge is 0.756 e. The van der Waals surface area contributed by atoms with Crippen molar-refractivity contribution in [3.63, 3.8) is 0 Å². The lowest BCUT2D eigenvalue weighted by Gasteiger charge is -2.42. The van der Waals surface area contributed by atoms with E-state index in [0.717, 1.165) is 77.0 Å². The Morgan fingerprint density at radius 3 is 1.60 bits per heavy atom. The summed E-state index contributed by atoms with van der Waals surface area (Å²) in [6, 6.07) is 0. The minimum atomic E-state index is -5.01. The minimum absolute atomic E-state index is 0.0921. The highest BCUT2D eigenvalue weighted by Gasteiger charge is 2.46. The maximum Gasteiger partial charge on any atom is 0.306 e. The third-order valence-electron chi connectivity index (χ3n) is 12.8. The fourth-order valence-electron chi connectivity index (χ4n) is 8.17. The molecule has 9 N–H and O–H groups in total. The Labute approximate surface area is 437 Å². The monoisotopic (exact) mass is 1070 g/mol. The normalized spacial score (nSPS) is 21.3. The van der Waals surface area contributed by atoms with Crippen molar-refractivity contribution in [1.82, 2.24) is 5.32 Å². The molecule has 1 rings (SSSR count). The van der Waals surface area contributed by atoms with Crippen molar-refractivity contribution in [1.29, 1.82) is 0 Å². The maximum absolute atomic E-state index is 12.9. The molecule has 0 bridgehead atoms. The van der Waals surface area contributed by atoms with Crippen molar-refractivity contribution in [3.8, 4) is 0 Å². The van der Waals surface area contributed by atoms with E-state index in [9.17, 15) is 59.9 Å². The van der Waals surface area contributed by atoms with Crippen LogP contribution in [-0.4, -0.2) is 160 Å². The number of hydrogen-bond donors (Lipinski definition) is 9. The van der Waals surface area contributed by atoms with Crippen LogP contribution < -0.4 is 10.2 Å². The molecule has 0 aliphatic carbocycles. The van der Waals surface area contributed by atoms with Gasteiger partial charge in [-0.25, -0.2) is 0 Å². The highest BCUT2D eigenvalue weighted by Crippen LogP contribution is 2.38. The highest BCUT2D eigenvalue weighted by molar-refractivity contribution is 7.45. The van der Waals surface area contributed by atoms with Gasteiger partial charge in [-0.2, -0.15) is 0 Å². The molecule has 0 aromatic carbocycles. The van der Waals surface area contributed by atoms with E-state index in [1.165, 1.54) is 77.0 Å². The van der Waals surface area contributed by atoms with Crippen LogP contribution in [0.1, 0.15) is 194 Å². The number of carbonyl (C=O) groups excluding carboxylic acids is 2. The summed E-state index contributed by atoms with van der Waals surface area (Å²) in [4.78, 5) is 38.2. The lowest BCUT2D eigenvalue weighted by atomic mass is 9.98. The zero-order chi connectivity index (χ0) is 54.0. The van der Waals surface area contributed by atoms with Gasteiger partial charge in [0, 0.05) is 25.9 Å². The average molecular weight is 1070 g/mol. The zero-order valence-electron chi connectivity index (χ0n) is 44.4. The minimum Gasteiger partial charge on any atom is -0.756 e. The molecule has 0 amide bonds. The van der Waals surface area contributed by atoms with E-state index in [1.54, 1.807) is 0 Å². The molecule has 7 unspecified atom stereocenters. The van der Waals surface area contributed by atoms with E-state index in [4.69, 9.17) is 28.0 Å². The molecule has 1 heterocycles. The Balaban J connectivity index is 2.59. The Hall–Kier alpha value is -1.91. The fourth-order valence-corrected chi connectivity index (χ4v) is 8.91. The van der Waals surface area contributed by atoms with Crippen molar-refractivity contribution in [2.45, 2.75) is 255 Å². The molecule has 73 heavy (non-hydrogen) atoms. The lowest BCUT2D eigenvalue weighted by Crippen LogP contribution is -2.61. The second-order valence-electron chi connectivity index (χ2n) is 19.3. The molecule has 11 atom stereocenters. The average Bonchev–Trinajstić information content (AvgIpc) is 3.37. The molecule has 0 spiro atoms. The van der Waals surface area contributed by atoms with Gasteiger partial charge in [-0.05, 0) is 64.2 Å². The van der Waals surface area contributed by atoms with Gasteiger partial charge in [0.05, 0.1) is 32.5 Å². The van der Waals surface area contributed by atoms with Crippen LogP contribution in [0.25, 0.3) is 0 Å². The van der Waals surface area contributed by atoms with Gasteiger partial charge in [-0.3, -0.25) is 14.2 Å². The van der Waals surface area contributed by atoms with E-state index < -0.39 is 121 Å². The highest BCUT2D eigenvalue weighted by atomic mass is 31.2. The van der Waals surface area contributed by atoms with Crippen molar-refractivity contribution in [2.75, 3.05) is 46.1 Å². The second-order valence-corrected chi connectivity index (χ2v) is 20.8. The standard InChI is InChI=1S/C53H100NO18P/c1-3-5-7-9-11-13-15-17-19-21-23-25-27-29-31-33-46(59)67-40-42(70-47(60)34-32-30-28-26-24-22-20-18-16-14-12-10-8-6-4-2)41-69-73(65,66)68-36-35-54-37-43(57)48(61)52(44(58)38-55)72-53-51(64)50(63)49(62)45(39-56)71-53/h17-20,42-45,48-58,61-64H,3-16,21-41H2,1-2H3,(H,65,66)/p-1/b19-17-,20-18-/t42-,43?,44?,45-,48?,49?,50?,51?,52-,53+/m1/s1. The van der Waals surface area contributed by atoms with E-state index in [1.807, 2.05) is 0 Å². The Bertz CT molecular complexity index is 1440. The molecule has 0 aromatic rings. The molecular weight excluding hydrogens is 970 g/mol. The Morgan fingerprint density at radius 1 is 0.630 bits per heavy atom. The van der Waals surface area contributed by atoms with Crippen molar-refractivity contribution < 1.29 is 87.9 Å². The van der Waals surface area contributed by atoms with E-state index in [2.05, 4.69) is 43.5 Å². The number of phosphoric ester groups is 1. The Morgan fingerprint density at radius 2 is 1.11 bits per heavy atom. The number of ether oxygens (including phenoxy) is 4. The molecule has 1 aliphatic rings. The van der Waals surface area contributed by atoms with Crippen LogP contribution in [0.4, 0.5) is 0 Å². The lowest BCUT2D eigenvalue weighted by molar-refractivity contribution is -0.327. The maximum atomic E-state index is 12.9. The topological polar surface area (TPSA) is 304 Å². The molecule has 430 valence electrons. The van der Waals surface area contributed by atoms with Gasteiger partial charge >= 0.3 is 11.9 Å². The second kappa shape index (κ2) is 45.1. The van der Waals surface area contributed by atoms with Crippen molar-refractivity contribution in [2.24, 2.45) is 0 Å². The van der Waals surface area contributed by atoms with Crippen molar-refractivity contribution in [3.05, 3.63) is 24.3 Å². The summed E-state index contributed by atoms with van der Waals surface area (Å²) >= 11 is 0. The van der Waals surface area contributed by atoms with Crippen LogP contribution in [0.5, 0.6) is 0 Å². The van der Waals surface area contributed by atoms with Gasteiger partial charge < -0.3 is 79.1 Å². The number of phosphoric acid groups is 1. The van der Waals surface area contributed by atoms with E-state index in [0.29, 0.717) is 12.8 Å². The van der Waals surface area contributed by atoms with Gasteiger partial charge in [0.15, 0.2) is 12.4 Å². The summed E-state index contributed by atoms with van der Waals surface area (Å²) in [7, 11) is -5.01. The summed E-state index contributed by atoms with van der Waals surface area (Å²) < 4.78 is 44.2. The summed E-state index contributed by atoms with van der Waals surface area (Å²) in [5, 5.41) is 83.7. The van der Waals surface area contributed by atoms with E-state index >= 15 is 0 Å². The molecule has 1 aliphatic heterocycles. The Kier molecular flexibility index (Phi) is 42.7. The van der Waals surface area contributed by atoms with Crippen LogP contribution in [-0.2, 0) is 42.1 Å². The van der Waals surface area contributed by atoms with Crippen molar-refractivity contribution >= 4 is 19.8 Å². The molecule has 20 heteroatoms. The molecule has 1 saturated heterocycles. The number of hydrogen-bond acceptors (Lipinski definition) is 19.